The second-order valence-corrected chi connectivity index (χ2v) is 6.36. The monoisotopic (exact) mass is 327 g/mol. The molecule has 0 spiro atoms. The van der Waals surface area contributed by atoms with Crippen molar-refractivity contribution in [3.63, 3.8) is 0 Å². The van der Waals surface area contributed by atoms with E-state index in [1.807, 2.05) is 12.1 Å². The van der Waals surface area contributed by atoms with E-state index in [1.54, 1.807) is 13.2 Å². The first-order valence-corrected chi connectivity index (χ1v) is 8.14. The first kappa shape index (κ1) is 15.1. The van der Waals surface area contributed by atoms with Crippen LogP contribution in [-0.2, 0) is 12.8 Å². The summed E-state index contributed by atoms with van der Waals surface area (Å²) in [5.74, 6) is 2.36. The molecule has 0 unspecified atom stereocenters. The van der Waals surface area contributed by atoms with Crippen LogP contribution in [0, 0.1) is 0 Å². The standard InChI is InChI=1S/C19H21NO4/c1-20-6-5-13-9-18-19(24-11-23-18)10-14(13)15(20)7-12-3-4-16(21)17(8-12)22-2/h3-4,8-10,15,21H,5-7,11H2,1-2H3/t15-/m0/s1. The van der Waals surface area contributed by atoms with Crippen molar-refractivity contribution in [3.05, 3.63) is 47.0 Å². The van der Waals surface area contributed by atoms with Crippen molar-refractivity contribution in [1.29, 1.82) is 0 Å². The first-order valence-electron chi connectivity index (χ1n) is 8.14. The normalized spacial score (nSPS) is 19.2. The van der Waals surface area contributed by atoms with E-state index in [0.29, 0.717) is 12.5 Å². The molecule has 5 nitrogen and oxygen atoms in total. The number of likely N-dealkylation sites (N-methyl/N-ethyl adjacent to an activating group) is 1. The molecule has 0 radical (unpaired) electrons. The Morgan fingerprint density at radius 1 is 1.21 bits per heavy atom. The molecule has 126 valence electrons. The van der Waals surface area contributed by atoms with Crippen LogP contribution in [0.1, 0.15) is 22.7 Å². The number of rotatable bonds is 3. The summed E-state index contributed by atoms with van der Waals surface area (Å²) in [7, 11) is 3.72. The van der Waals surface area contributed by atoms with E-state index >= 15 is 0 Å². The average Bonchev–Trinajstić information content (AvgIpc) is 3.04. The summed E-state index contributed by atoms with van der Waals surface area (Å²) in [6.07, 6.45) is 1.86. The SMILES string of the molecule is COc1cc(C[C@H]2c3cc4c(cc3CCN2C)OCO4)ccc1O. The molecular weight excluding hydrogens is 306 g/mol. The molecule has 4 rings (SSSR count). The van der Waals surface area contributed by atoms with E-state index < -0.39 is 0 Å². The van der Waals surface area contributed by atoms with Gasteiger partial charge in [-0.25, -0.2) is 0 Å². The Labute approximate surface area is 141 Å². The first-order chi connectivity index (χ1) is 11.7. The van der Waals surface area contributed by atoms with Gasteiger partial charge in [-0.2, -0.15) is 0 Å². The number of phenols is 1. The second-order valence-electron chi connectivity index (χ2n) is 6.36. The number of methoxy groups -OCH3 is 1. The maximum absolute atomic E-state index is 9.79. The fourth-order valence-electron chi connectivity index (χ4n) is 3.55. The van der Waals surface area contributed by atoms with Crippen LogP contribution in [-0.4, -0.2) is 37.5 Å². The fourth-order valence-corrected chi connectivity index (χ4v) is 3.55. The molecule has 0 aliphatic carbocycles. The maximum Gasteiger partial charge on any atom is 0.231 e. The molecule has 2 aromatic rings. The number of benzene rings is 2. The Bertz CT molecular complexity index is 774. The zero-order valence-electron chi connectivity index (χ0n) is 13.9. The molecule has 2 aliphatic heterocycles. The van der Waals surface area contributed by atoms with Crippen molar-refractivity contribution in [2.45, 2.75) is 18.9 Å². The van der Waals surface area contributed by atoms with Crippen LogP contribution < -0.4 is 14.2 Å². The predicted molar refractivity (Wildman–Crippen MR) is 90.0 cm³/mol. The molecule has 0 saturated heterocycles. The highest BCUT2D eigenvalue weighted by Gasteiger charge is 2.28. The molecule has 2 aromatic carbocycles. The third kappa shape index (κ3) is 2.55. The van der Waals surface area contributed by atoms with Crippen molar-refractivity contribution in [2.24, 2.45) is 0 Å². The van der Waals surface area contributed by atoms with Crippen LogP contribution in [0.15, 0.2) is 30.3 Å². The van der Waals surface area contributed by atoms with Gasteiger partial charge in [-0.05, 0) is 60.8 Å². The minimum atomic E-state index is 0.169. The van der Waals surface area contributed by atoms with Gasteiger partial charge in [-0.3, -0.25) is 4.90 Å². The zero-order valence-corrected chi connectivity index (χ0v) is 13.9. The summed E-state index contributed by atoms with van der Waals surface area (Å²) >= 11 is 0. The minimum Gasteiger partial charge on any atom is -0.504 e. The van der Waals surface area contributed by atoms with Crippen LogP contribution >= 0.6 is 0 Å². The molecule has 0 bridgehead atoms. The molecule has 5 heteroatoms. The Balaban J connectivity index is 1.68. The van der Waals surface area contributed by atoms with Gasteiger partial charge >= 0.3 is 0 Å². The van der Waals surface area contributed by atoms with E-state index in [0.717, 1.165) is 36.4 Å². The predicted octanol–water partition coefficient (Wildman–Crippen LogP) is 2.90. The molecule has 2 heterocycles. The largest absolute Gasteiger partial charge is 0.504 e. The van der Waals surface area contributed by atoms with Gasteiger partial charge in [0.05, 0.1) is 7.11 Å². The topological polar surface area (TPSA) is 51.2 Å². The molecule has 2 aliphatic rings. The smallest absolute Gasteiger partial charge is 0.231 e. The summed E-state index contributed by atoms with van der Waals surface area (Å²) in [4.78, 5) is 2.36. The molecule has 1 N–H and O–H groups in total. The fraction of sp³-hybridized carbons (Fsp3) is 0.368. The van der Waals surface area contributed by atoms with Gasteiger partial charge in [0.15, 0.2) is 23.0 Å². The Hall–Kier alpha value is -2.40. The Kier molecular flexibility index (Phi) is 3.73. The number of phenolic OH excluding ortho intramolecular Hbond substituents is 1. The lowest BCUT2D eigenvalue weighted by Gasteiger charge is -2.35. The van der Waals surface area contributed by atoms with Crippen molar-refractivity contribution < 1.29 is 19.3 Å². The van der Waals surface area contributed by atoms with Crippen LogP contribution in [0.25, 0.3) is 0 Å². The molecule has 1 atom stereocenters. The highest BCUT2D eigenvalue weighted by Crippen LogP contribution is 2.41. The number of hydrogen-bond donors (Lipinski definition) is 1. The summed E-state index contributed by atoms with van der Waals surface area (Å²) < 4.78 is 16.3. The van der Waals surface area contributed by atoms with E-state index in [-0.39, 0.29) is 11.8 Å². The number of hydrogen-bond acceptors (Lipinski definition) is 5. The molecule has 0 saturated carbocycles. The lowest BCUT2D eigenvalue weighted by atomic mass is 9.88. The second kappa shape index (κ2) is 5.91. The number of fused-ring (bicyclic) bond motifs is 2. The molecule has 0 aromatic heterocycles. The molecular formula is C19H21NO4. The zero-order chi connectivity index (χ0) is 16.7. The summed E-state index contributed by atoms with van der Waals surface area (Å²) in [5.41, 5.74) is 3.75. The van der Waals surface area contributed by atoms with Gasteiger partial charge in [0.2, 0.25) is 6.79 Å². The molecule has 24 heavy (non-hydrogen) atoms. The van der Waals surface area contributed by atoms with E-state index in [1.165, 1.54) is 11.1 Å². The van der Waals surface area contributed by atoms with Gasteiger partial charge in [0.25, 0.3) is 0 Å². The third-order valence-corrected chi connectivity index (χ3v) is 4.93. The number of ether oxygens (including phenoxy) is 3. The Morgan fingerprint density at radius 2 is 2.00 bits per heavy atom. The van der Waals surface area contributed by atoms with Crippen molar-refractivity contribution in [3.8, 4) is 23.0 Å². The maximum atomic E-state index is 9.79. The summed E-state index contributed by atoms with van der Waals surface area (Å²) in [6.45, 7) is 1.31. The molecule has 0 fully saturated rings. The highest BCUT2D eigenvalue weighted by molar-refractivity contribution is 5.51. The van der Waals surface area contributed by atoms with E-state index in [9.17, 15) is 5.11 Å². The number of aromatic hydroxyl groups is 1. The highest BCUT2D eigenvalue weighted by atomic mass is 16.7. The molecule has 0 amide bonds. The van der Waals surface area contributed by atoms with E-state index in [2.05, 4.69) is 24.1 Å². The van der Waals surface area contributed by atoms with Gasteiger partial charge in [-0.15, -0.1) is 0 Å². The summed E-state index contributed by atoms with van der Waals surface area (Å²) in [5, 5.41) is 9.79. The summed E-state index contributed by atoms with van der Waals surface area (Å²) in [6, 6.07) is 10.1. The van der Waals surface area contributed by atoms with Crippen molar-refractivity contribution >= 4 is 0 Å². The van der Waals surface area contributed by atoms with Gasteiger partial charge < -0.3 is 19.3 Å². The lowest BCUT2D eigenvalue weighted by molar-refractivity contribution is 0.174. The van der Waals surface area contributed by atoms with E-state index in [4.69, 9.17) is 14.2 Å². The number of nitrogens with zero attached hydrogens (tertiary/aromatic N) is 1. The van der Waals surface area contributed by atoms with Crippen LogP contribution in [0.5, 0.6) is 23.0 Å². The van der Waals surface area contributed by atoms with Gasteiger partial charge in [0, 0.05) is 12.6 Å². The lowest BCUT2D eigenvalue weighted by Crippen LogP contribution is -2.33. The minimum absolute atomic E-state index is 0.169. The van der Waals surface area contributed by atoms with Crippen LogP contribution in [0.4, 0.5) is 0 Å². The van der Waals surface area contributed by atoms with Crippen molar-refractivity contribution in [2.75, 3.05) is 27.5 Å². The van der Waals surface area contributed by atoms with Gasteiger partial charge in [0.1, 0.15) is 0 Å². The quantitative estimate of drug-likeness (QED) is 0.939. The van der Waals surface area contributed by atoms with Crippen LogP contribution in [0.3, 0.4) is 0 Å². The van der Waals surface area contributed by atoms with Crippen LogP contribution in [0.2, 0.25) is 0 Å². The van der Waals surface area contributed by atoms with Crippen molar-refractivity contribution in [1.82, 2.24) is 4.90 Å². The average molecular weight is 327 g/mol. The van der Waals surface area contributed by atoms with Gasteiger partial charge in [-0.1, -0.05) is 6.07 Å². The third-order valence-electron chi connectivity index (χ3n) is 4.93. The Morgan fingerprint density at radius 3 is 2.79 bits per heavy atom.